The Bertz CT molecular complexity index is 522. The van der Waals surface area contributed by atoms with E-state index in [0.717, 1.165) is 25.5 Å². The van der Waals surface area contributed by atoms with Crippen LogP contribution in [0.5, 0.6) is 0 Å². The maximum atomic E-state index is 9.46. The minimum Gasteiger partial charge on any atom is -0.396 e. The molecule has 0 aliphatic heterocycles. The molecule has 0 aromatic heterocycles. The average Bonchev–Trinajstić information content (AvgIpc) is 2.60. The van der Waals surface area contributed by atoms with Gasteiger partial charge in [0, 0.05) is 19.7 Å². The summed E-state index contributed by atoms with van der Waals surface area (Å²) in [6.45, 7) is 6.94. The highest BCUT2D eigenvalue weighted by molar-refractivity contribution is 14.0. The first-order valence-corrected chi connectivity index (χ1v) is 9.37. The lowest BCUT2D eigenvalue weighted by atomic mass is 9.72. The van der Waals surface area contributed by atoms with Crippen molar-refractivity contribution in [3.63, 3.8) is 0 Å². The number of hydrogen-bond donors (Lipinski definition) is 3. The Labute approximate surface area is 169 Å². The molecule has 0 heterocycles. The summed E-state index contributed by atoms with van der Waals surface area (Å²) in [6, 6.07) is 8.39. The van der Waals surface area contributed by atoms with Crippen molar-refractivity contribution in [3.05, 3.63) is 35.4 Å². The molecule has 0 unspecified atom stereocenters. The highest BCUT2D eigenvalue weighted by Gasteiger charge is 2.31. The Morgan fingerprint density at radius 3 is 2.52 bits per heavy atom. The van der Waals surface area contributed by atoms with Crippen molar-refractivity contribution >= 4 is 29.9 Å². The van der Waals surface area contributed by atoms with Gasteiger partial charge in [0.2, 0.25) is 0 Å². The molecule has 1 aliphatic carbocycles. The van der Waals surface area contributed by atoms with Gasteiger partial charge in [0.25, 0.3) is 0 Å². The largest absolute Gasteiger partial charge is 0.396 e. The van der Waals surface area contributed by atoms with Gasteiger partial charge in [0.1, 0.15) is 0 Å². The van der Waals surface area contributed by atoms with Gasteiger partial charge < -0.3 is 15.7 Å². The number of nitrogens with one attached hydrogen (secondary N) is 2. The highest BCUT2D eigenvalue weighted by atomic mass is 127. The summed E-state index contributed by atoms with van der Waals surface area (Å²) in [5.41, 5.74) is 2.77. The van der Waals surface area contributed by atoms with Crippen LogP contribution in [-0.4, -0.2) is 30.8 Å². The topological polar surface area (TPSA) is 56.7 Å². The zero-order valence-corrected chi connectivity index (χ0v) is 18.0. The summed E-state index contributed by atoms with van der Waals surface area (Å²) in [5, 5.41) is 16.3. The van der Waals surface area contributed by atoms with E-state index in [1.165, 1.54) is 43.2 Å². The zero-order chi connectivity index (χ0) is 17.3. The molecule has 1 saturated carbocycles. The first-order chi connectivity index (χ1) is 11.7. The van der Waals surface area contributed by atoms with Crippen LogP contribution in [0.3, 0.4) is 0 Å². The summed E-state index contributed by atoms with van der Waals surface area (Å²) in [4.78, 5) is 4.75. The van der Waals surface area contributed by atoms with Crippen molar-refractivity contribution in [2.75, 3.05) is 19.7 Å². The highest BCUT2D eigenvalue weighted by Crippen LogP contribution is 2.38. The second-order valence-corrected chi connectivity index (χ2v) is 7.01. The lowest BCUT2D eigenvalue weighted by molar-refractivity contribution is 0.131. The van der Waals surface area contributed by atoms with Crippen LogP contribution < -0.4 is 10.6 Å². The summed E-state index contributed by atoms with van der Waals surface area (Å²) >= 11 is 0. The van der Waals surface area contributed by atoms with Crippen molar-refractivity contribution in [1.82, 2.24) is 10.6 Å². The lowest BCUT2D eigenvalue weighted by Gasteiger charge is -2.37. The first kappa shape index (κ1) is 22.2. The number of halogens is 1. The van der Waals surface area contributed by atoms with Gasteiger partial charge in [-0.25, -0.2) is 4.99 Å². The normalized spacial score (nSPS) is 16.8. The molecule has 0 amide bonds. The van der Waals surface area contributed by atoms with E-state index in [1.807, 2.05) is 0 Å². The fourth-order valence-electron chi connectivity index (χ4n) is 3.62. The molecule has 0 spiro atoms. The van der Waals surface area contributed by atoms with E-state index in [-0.39, 0.29) is 36.0 Å². The van der Waals surface area contributed by atoms with Gasteiger partial charge in [0.15, 0.2) is 5.96 Å². The Morgan fingerprint density at radius 1 is 1.16 bits per heavy atom. The van der Waals surface area contributed by atoms with Crippen LogP contribution in [0.4, 0.5) is 0 Å². The maximum absolute atomic E-state index is 9.46. The van der Waals surface area contributed by atoms with E-state index >= 15 is 0 Å². The van der Waals surface area contributed by atoms with Crippen LogP contribution in [0.2, 0.25) is 0 Å². The molecule has 4 nitrogen and oxygen atoms in total. The Balaban J connectivity index is 0.00000312. The number of aliphatic hydroxyl groups is 1. The summed E-state index contributed by atoms with van der Waals surface area (Å²) in [6.07, 6.45) is 7.18. The van der Waals surface area contributed by atoms with Gasteiger partial charge in [-0.1, -0.05) is 43.5 Å². The van der Waals surface area contributed by atoms with E-state index in [2.05, 4.69) is 48.7 Å². The van der Waals surface area contributed by atoms with Gasteiger partial charge in [-0.3, -0.25) is 0 Å². The number of aryl methyl sites for hydroxylation is 1. The predicted molar refractivity (Wildman–Crippen MR) is 117 cm³/mol. The molecule has 1 aliphatic rings. The van der Waals surface area contributed by atoms with Crippen molar-refractivity contribution in [2.24, 2.45) is 10.4 Å². The SMILES string of the molecule is CCNC(=NCc1ccccc1C)NCC1(CCO)CCCCC1.I. The molecule has 1 aromatic carbocycles. The van der Waals surface area contributed by atoms with Crippen molar-refractivity contribution in [2.45, 2.75) is 58.9 Å². The minimum absolute atomic E-state index is 0. The molecule has 2 rings (SSSR count). The van der Waals surface area contributed by atoms with E-state index in [9.17, 15) is 5.11 Å². The van der Waals surface area contributed by atoms with E-state index in [0.29, 0.717) is 6.54 Å². The van der Waals surface area contributed by atoms with Crippen LogP contribution >= 0.6 is 24.0 Å². The first-order valence-electron chi connectivity index (χ1n) is 9.37. The third kappa shape index (κ3) is 7.13. The third-order valence-corrected chi connectivity index (χ3v) is 5.20. The minimum atomic E-state index is 0. The smallest absolute Gasteiger partial charge is 0.191 e. The van der Waals surface area contributed by atoms with Crippen molar-refractivity contribution in [3.8, 4) is 0 Å². The average molecular weight is 459 g/mol. The van der Waals surface area contributed by atoms with Crippen LogP contribution in [0.1, 0.15) is 56.6 Å². The van der Waals surface area contributed by atoms with Gasteiger partial charge in [0.05, 0.1) is 6.54 Å². The van der Waals surface area contributed by atoms with Crippen molar-refractivity contribution in [1.29, 1.82) is 0 Å². The number of aliphatic imine (C=N–C) groups is 1. The van der Waals surface area contributed by atoms with Gasteiger partial charge in [-0.2, -0.15) is 0 Å². The molecule has 1 aromatic rings. The monoisotopic (exact) mass is 459 g/mol. The van der Waals surface area contributed by atoms with Gasteiger partial charge in [-0.15, -0.1) is 24.0 Å². The molecule has 5 heteroatoms. The predicted octanol–water partition coefficient (Wildman–Crippen LogP) is 4.00. The second-order valence-electron chi connectivity index (χ2n) is 7.01. The molecule has 142 valence electrons. The standard InChI is InChI=1S/C20H33N3O.HI/c1-3-21-19(22-15-18-10-6-5-9-17(18)2)23-16-20(13-14-24)11-7-4-8-12-20;/h5-6,9-10,24H,3-4,7-8,11-16H2,1-2H3,(H2,21,22,23);1H. The number of benzene rings is 1. The van der Waals surface area contributed by atoms with E-state index in [4.69, 9.17) is 4.99 Å². The molecule has 0 atom stereocenters. The Kier molecular flexibility index (Phi) is 10.4. The molecular weight excluding hydrogens is 425 g/mol. The molecule has 3 N–H and O–H groups in total. The number of aliphatic hydroxyl groups excluding tert-OH is 1. The molecule has 0 saturated heterocycles. The second kappa shape index (κ2) is 11.7. The van der Waals surface area contributed by atoms with Crippen LogP contribution in [0.15, 0.2) is 29.3 Å². The fraction of sp³-hybridized carbons (Fsp3) is 0.650. The fourth-order valence-corrected chi connectivity index (χ4v) is 3.62. The number of hydrogen-bond acceptors (Lipinski definition) is 2. The van der Waals surface area contributed by atoms with E-state index in [1.54, 1.807) is 0 Å². The lowest BCUT2D eigenvalue weighted by Crippen LogP contribution is -2.45. The summed E-state index contributed by atoms with van der Waals surface area (Å²) in [5.74, 6) is 0.878. The number of nitrogens with zero attached hydrogens (tertiary/aromatic N) is 1. The number of guanidine groups is 1. The van der Waals surface area contributed by atoms with E-state index < -0.39 is 0 Å². The maximum Gasteiger partial charge on any atom is 0.191 e. The Hall–Kier alpha value is -0.820. The van der Waals surface area contributed by atoms with Gasteiger partial charge >= 0.3 is 0 Å². The van der Waals surface area contributed by atoms with Crippen molar-refractivity contribution < 1.29 is 5.11 Å². The zero-order valence-electron chi connectivity index (χ0n) is 15.7. The molecule has 1 fully saturated rings. The van der Waals surface area contributed by atoms with Crippen LogP contribution in [0, 0.1) is 12.3 Å². The molecule has 25 heavy (non-hydrogen) atoms. The third-order valence-electron chi connectivity index (χ3n) is 5.20. The molecular formula is C20H34IN3O. The molecule has 0 radical (unpaired) electrons. The van der Waals surface area contributed by atoms with Crippen LogP contribution in [-0.2, 0) is 6.54 Å². The van der Waals surface area contributed by atoms with Gasteiger partial charge in [-0.05, 0) is 49.7 Å². The molecule has 0 bridgehead atoms. The number of rotatable bonds is 7. The quantitative estimate of drug-likeness (QED) is 0.328. The Morgan fingerprint density at radius 2 is 1.88 bits per heavy atom. The summed E-state index contributed by atoms with van der Waals surface area (Å²) < 4.78 is 0. The van der Waals surface area contributed by atoms with Crippen LogP contribution in [0.25, 0.3) is 0 Å². The summed E-state index contributed by atoms with van der Waals surface area (Å²) in [7, 11) is 0.